The molecule has 0 spiro atoms. The molecule has 6 amide bonds. The summed E-state index contributed by atoms with van der Waals surface area (Å²) in [7, 11) is -4.33. The zero-order chi connectivity index (χ0) is 58.3. The molecule has 0 bridgehead atoms. The van der Waals surface area contributed by atoms with Crippen LogP contribution in [-0.2, 0) is 65.4 Å². The molecular weight excluding hydrogens is 1090 g/mol. The molecular formula is C53H73F3N10O14S. The molecule has 24 nitrogen and oxygen atoms in total. The van der Waals surface area contributed by atoms with Gasteiger partial charge < -0.3 is 58.9 Å². The van der Waals surface area contributed by atoms with Crippen LogP contribution in [0.5, 0.6) is 0 Å². The second kappa shape index (κ2) is 29.9. The number of benzene rings is 2. The zero-order valence-electron chi connectivity index (χ0n) is 45.6. The van der Waals surface area contributed by atoms with Crippen LogP contribution in [0.15, 0.2) is 66.9 Å². The molecule has 1 unspecified atom stereocenters. The van der Waals surface area contributed by atoms with E-state index in [9.17, 15) is 60.6 Å². The maximum absolute atomic E-state index is 13.9. The first kappa shape index (κ1) is 65.2. The number of ether oxygens (including phenoxy) is 3. The van der Waals surface area contributed by atoms with Crippen LogP contribution in [0.3, 0.4) is 0 Å². The van der Waals surface area contributed by atoms with E-state index in [-0.39, 0.29) is 145 Å². The lowest BCUT2D eigenvalue weighted by molar-refractivity contribution is -0.665. The number of primary amides is 1. The number of hydrogen-bond donors (Lipinski definition) is 8. The Labute approximate surface area is 467 Å². The highest BCUT2D eigenvalue weighted by atomic mass is 32.2. The maximum atomic E-state index is 13.9. The van der Waals surface area contributed by atoms with Gasteiger partial charge in [-0.3, -0.25) is 33.1 Å². The van der Waals surface area contributed by atoms with Gasteiger partial charge in [-0.05, 0) is 55.0 Å². The molecule has 1 saturated carbocycles. The van der Waals surface area contributed by atoms with E-state index in [4.69, 9.17) is 25.1 Å². The quantitative estimate of drug-likeness (QED) is 0.0155. The number of likely N-dealkylation sites (tertiary alicyclic amines) is 1. The van der Waals surface area contributed by atoms with Crippen LogP contribution >= 0.6 is 0 Å². The lowest BCUT2D eigenvalue weighted by Crippen LogP contribution is -2.45. The Balaban J connectivity index is 0.0000120. The van der Waals surface area contributed by atoms with Gasteiger partial charge in [-0.2, -0.15) is 21.6 Å². The predicted molar refractivity (Wildman–Crippen MR) is 287 cm³/mol. The fourth-order valence-corrected chi connectivity index (χ4v) is 9.67. The fourth-order valence-electron chi connectivity index (χ4n) is 9.31. The van der Waals surface area contributed by atoms with Crippen molar-refractivity contribution in [1.29, 1.82) is 0 Å². The summed E-state index contributed by atoms with van der Waals surface area (Å²) in [6.45, 7) is 6.41. The number of aromatic nitrogens is 3. The summed E-state index contributed by atoms with van der Waals surface area (Å²) in [6, 6.07) is 12.1. The normalized spacial score (nSPS) is 19.1. The van der Waals surface area contributed by atoms with Gasteiger partial charge in [0.15, 0.2) is 5.78 Å². The van der Waals surface area contributed by atoms with Crippen molar-refractivity contribution in [2.75, 3.05) is 70.0 Å². The fraction of sp³-hybridized carbons (Fsp3) is 0.528. The minimum Gasteiger partial charge on any atom is -0.390 e. The third-order valence-electron chi connectivity index (χ3n) is 13.6. The van der Waals surface area contributed by atoms with Crippen molar-refractivity contribution in [3.8, 4) is 11.3 Å². The van der Waals surface area contributed by atoms with E-state index >= 15 is 0 Å². The minimum absolute atomic E-state index is 0. The van der Waals surface area contributed by atoms with Gasteiger partial charge in [0.05, 0.1) is 88.8 Å². The Morgan fingerprint density at radius 1 is 0.938 bits per heavy atom. The number of Topliss-reactive ketones (excluding diaryl/α,β-unsaturated/α-hetero) is 1. The van der Waals surface area contributed by atoms with Gasteiger partial charge in [0.1, 0.15) is 18.3 Å². The van der Waals surface area contributed by atoms with Crippen LogP contribution in [0.1, 0.15) is 70.4 Å². The Bertz CT molecular complexity index is 2910. The van der Waals surface area contributed by atoms with Gasteiger partial charge >= 0.3 is 28.2 Å². The van der Waals surface area contributed by atoms with E-state index in [0.29, 0.717) is 23.3 Å². The molecule has 446 valence electrons. The standard InChI is InChI=1S/C52H69F3N10O14S.CH3/c1-31(2)46(61-43(67)14-18-76-20-22-78-23-21-77-19-17-64-45(68)24-32(3)50(64)72)41(66)27-35(7-5-15-58-51(56)73)49(71)59-38-11-9-33(10-12-38)29-63-16-13-42(60-40-26-36(47(69)48(40)70)30-79-80(57,74)75)65-44(63)28-39(62-65)34-6-4-8-37(25-34)52(53,54)55;/h4,6,8-13,16,25,28,31-32,35-36,40,46-48,69-70H,5,7,14-15,17-24,26-27,29-30H2,1-3H3,(H7,56,57,58,59,61,67,71,73,74,75);1H3/q;-1/p+1/t32?,35-,36-,40-,46+,47-,48+;/m1./s1. The van der Waals surface area contributed by atoms with Gasteiger partial charge in [0, 0.05) is 60.9 Å². The summed E-state index contributed by atoms with van der Waals surface area (Å²) < 4.78 is 88.5. The number of urea groups is 1. The van der Waals surface area contributed by atoms with Crippen LogP contribution in [0.25, 0.3) is 16.9 Å². The van der Waals surface area contributed by atoms with Gasteiger partial charge in [-0.25, -0.2) is 14.5 Å². The second-order valence-corrected chi connectivity index (χ2v) is 21.3. The van der Waals surface area contributed by atoms with Gasteiger partial charge in [-0.1, -0.05) is 54.7 Å². The lowest BCUT2D eigenvalue weighted by Gasteiger charge is -2.24. The number of amides is 6. The number of imide groups is 1. The van der Waals surface area contributed by atoms with Crippen molar-refractivity contribution >= 4 is 62.9 Å². The summed E-state index contributed by atoms with van der Waals surface area (Å²) >= 11 is 0. The molecule has 2 aliphatic rings. The van der Waals surface area contributed by atoms with Crippen molar-refractivity contribution in [3.63, 3.8) is 0 Å². The molecule has 10 N–H and O–H groups in total. The summed E-state index contributed by atoms with van der Waals surface area (Å²) in [4.78, 5) is 77.3. The van der Waals surface area contributed by atoms with E-state index in [0.717, 1.165) is 12.1 Å². The van der Waals surface area contributed by atoms with Crippen LogP contribution in [0.4, 0.5) is 29.5 Å². The molecule has 3 heterocycles. The van der Waals surface area contributed by atoms with Crippen molar-refractivity contribution < 1.29 is 83.5 Å². The number of carbonyl (C=O) groups excluding carboxylic acids is 6. The molecule has 1 aliphatic heterocycles. The highest BCUT2D eigenvalue weighted by Crippen LogP contribution is 2.34. The number of nitrogens with one attached hydrogen (secondary N) is 4. The van der Waals surface area contributed by atoms with E-state index in [1.165, 1.54) is 21.5 Å². The van der Waals surface area contributed by atoms with Gasteiger partial charge in [-0.15, -0.1) is 0 Å². The van der Waals surface area contributed by atoms with Crippen molar-refractivity contribution in [2.45, 2.75) is 96.3 Å². The average Bonchev–Trinajstić information content (AvgIpc) is 4.04. The number of fused-ring (bicyclic) bond motifs is 1. The first-order valence-corrected chi connectivity index (χ1v) is 27.6. The van der Waals surface area contributed by atoms with Crippen molar-refractivity contribution in [1.82, 2.24) is 25.1 Å². The number of aliphatic hydroxyl groups is 2. The molecule has 1 aliphatic carbocycles. The molecule has 28 heteroatoms. The number of carbonyl (C=O) groups is 6. The molecule has 0 radical (unpaired) electrons. The molecule has 7 atom stereocenters. The van der Waals surface area contributed by atoms with Crippen molar-refractivity contribution in [2.24, 2.45) is 34.5 Å². The predicted octanol–water partition coefficient (Wildman–Crippen LogP) is 2.49. The number of halogens is 3. The smallest absolute Gasteiger partial charge is 0.390 e. The van der Waals surface area contributed by atoms with Crippen LogP contribution in [-0.4, -0.2) is 152 Å². The van der Waals surface area contributed by atoms with Gasteiger partial charge in [0.2, 0.25) is 29.4 Å². The average molecular weight is 1160 g/mol. The maximum Gasteiger partial charge on any atom is 0.416 e. The number of nitrogens with two attached hydrogens (primary N) is 2. The Hall–Kier alpha value is -6.66. The molecule has 2 aromatic heterocycles. The highest BCUT2D eigenvalue weighted by molar-refractivity contribution is 7.84. The topological polar surface area (TPSA) is 339 Å². The Kier molecular flexibility index (Phi) is 24.0. The zero-order valence-corrected chi connectivity index (χ0v) is 46.4. The van der Waals surface area contributed by atoms with Gasteiger partial charge in [0.25, 0.3) is 0 Å². The number of anilines is 2. The van der Waals surface area contributed by atoms with E-state index < -0.39 is 82.6 Å². The van der Waals surface area contributed by atoms with Crippen LogP contribution in [0.2, 0.25) is 0 Å². The first-order valence-electron chi connectivity index (χ1n) is 26.1. The van der Waals surface area contributed by atoms with E-state index in [1.807, 2.05) is 0 Å². The van der Waals surface area contributed by atoms with Crippen LogP contribution < -0.4 is 36.7 Å². The molecule has 4 aromatic rings. The number of rotatable bonds is 31. The molecule has 6 rings (SSSR count). The second-order valence-electron chi connectivity index (χ2n) is 20.1. The summed E-state index contributed by atoms with van der Waals surface area (Å²) in [6.07, 6.45) is -5.29. The minimum atomic E-state index is -4.63. The van der Waals surface area contributed by atoms with E-state index in [1.54, 1.807) is 67.9 Å². The number of ketones is 1. The Morgan fingerprint density at radius 2 is 1.62 bits per heavy atom. The summed E-state index contributed by atoms with van der Waals surface area (Å²) in [5.74, 6) is -3.80. The number of nitrogens with zero attached hydrogens (tertiary/aromatic N) is 4. The molecule has 2 fully saturated rings. The largest absolute Gasteiger partial charge is 0.416 e. The molecule has 81 heavy (non-hydrogen) atoms. The number of aliphatic hydroxyl groups excluding tert-OH is 2. The number of hydrogen-bond acceptors (Lipinski definition) is 16. The SMILES string of the molecule is CC1CC(=O)N(CCOCCOCCOCCC(=O)N[C@H](C(=O)C[C@@H](CCCNC(N)=O)C(=O)Nc2ccc(C[n+]3ccc(N[C@@H]4C[C@H](COS(N)(=O)=O)[C@@H](O)[C@H]4O)n4nc(-c5cccc(C(F)(F)F)c5)cc43)cc2)C(C)C)C1=O.[CH3-]. The highest BCUT2D eigenvalue weighted by Gasteiger charge is 2.43. The molecule has 1 saturated heterocycles. The van der Waals surface area contributed by atoms with Crippen LogP contribution in [0, 0.1) is 31.1 Å². The third kappa shape index (κ3) is 19.2. The van der Waals surface area contributed by atoms with Crippen molar-refractivity contribution in [3.05, 3.63) is 85.4 Å². The lowest BCUT2D eigenvalue weighted by atomic mass is 9.89. The van der Waals surface area contributed by atoms with E-state index in [2.05, 4.69) is 30.5 Å². The monoisotopic (exact) mass is 1160 g/mol. The molecule has 2 aromatic carbocycles. The first-order chi connectivity index (χ1) is 37.9. The summed E-state index contributed by atoms with van der Waals surface area (Å²) in [5, 5.41) is 42.5. The summed E-state index contributed by atoms with van der Waals surface area (Å²) in [5.41, 5.74) is 6.18. The third-order valence-corrected chi connectivity index (χ3v) is 14.1. The Morgan fingerprint density at radius 3 is 2.25 bits per heavy atom. The number of alkyl halides is 3.